The Bertz CT molecular complexity index is 294. The van der Waals surface area contributed by atoms with Gasteiger partial charge in [0.05, 0.1) is 25.4 Å². The Labute approximate surface area is 114 Å². The van der Waals surface area contributed by atoms with Crippen molar-refractivity contribution in [1.82, 2.24) is 0 Å². The van der Waals surface area contributed by atoms with Crippen LogP contribution >= 0.6 is 0 Å². The summed E-state index contributed by atoms with van der Waals surface area (Å²) in [5.74, 6) is 0.169. The standard InChI is InChI=1S/C14H24O5/c1-17-8-10-11(13-6-5-12(10)19-13)9-18-7-3-2-4-14(15)16/h10-13H,2-9H2,1H3,(H,15,16)/t10-,11+,12-,13+/m1/s1. The molecule has 0 unspecified atom stereocenters. The zero-order chi connectivity index (χ0) is 13.7. The van der Waals surface area contributed by atoms with Crippen LogP contribution in [0.1, 0.15) is 32.1 Å². The summed E-state index contributed by atoms with van der Waals surface area (Å²) in [6, 6.07) is 0. The van der Waals surface area contributed by atoms with Crippen LogP contribution in [0.2, 0.25) is 0 Å². The third-order valence-corrected chi connectivity index (χ3v) is 4.19. The van der Waals surface area contributed by atoms with Crippen molar-refractivity contribution in [2.45, 2.75) is 44.3 Å². The number of hydrogen-bond acceptors (Lipinski definition) is 4. The van der Waals surface area contributed by atoms with Crippen LogP contribution in [0.25, 0.3) is 0 Å². The fourth-order valence-electron chi connectivity index (χ4n) is 3.22. The lowest BCUT2D eigenvalue weighted by Gasteiger charge is -2.27. The Kier molecular flexibility index (Phi) is 5.60. The molecule has 1 N–H and O–H groups in total. The molecule has 0 aromatic rings. The third kappa shape index (κ3) is 3.91. The van der Waals surface area contributed by atoms with E-state index >= 15 is 0 Å². The van der Waals surface area contributed by atoms with Crippen LogP contribution in [-0.4, -0.2) is 50.2 Å². The topological polar surface area (TPSA) is 65.0 Å². The van der Waals surface area contributed by atoms with Gasteiger partial charge in [0.15, 0.2) is 0 Å². The SMILES string of the molecule is COC[C@@H]1[C@H](COCCCCC(=O)O)[C@@H]2CC[C@H]1O2. The summed E-state index contributed by atoms with van der Waals surface area (Å²) in [5, 5.41) is 8.54. The van der Waals surface area contributed by atoms with Crippen LogP contribution in [0.3, 0.4) is 0 Å². The van der Waals surface area contributed by atoms with E-state index in [1.54, 1.807) is 7.11 Å². The molecule has 0 saturated carbocycles. The molecule has 2 rings (SSSR count). The van der Waals surface area contributed by atoms with Crippen LogP contribution in [-0.2, 0) is 19.0 Å². The van der Waals surface area contributed by atoms with Gasteiger partial charge in [-0.25, -0.2) is 0 Å². The number of unbranched alkanes of at least 4 members (excludes halogenated alkanes) is 1. The Morgan fingerprint density at radius 2 is 1.89 bits per heavy atom. The lowest BCUT2D eigenvalue weighted by atomic mass is 9.80. The van der Waals surface area contributed by atoms with Crippen LogP contribution in [0.15, 0.2) is 0 Å². The molecule has 0 aromatic heterocycles. The molecule has 2 fully saturated rings. The fraction of sp³-hybridized carbons (Fsp3) is 0.929. The van der Waals surface area contributed by atoms with Gasteiger partial charge in [0, 0.05) is 32.0 Å². The Balaban J connectivity index is 1.63. The molecule has 2 bridgehead atoms. The van der Waals surface area contributed by atoms with Gasteiger partial charge in [0.2, 0.25) is 0 Å². The van der Waals surface area contributed by atoms with Crippen molar-refractivity contribution >= 4 is 5.97 Å². The molecule has 0 amide bonds. The highest BCUT2D eigenvalue weighted by Crippen LogP contribution is 2.43. The van der Waals surface area contributed by atoms with E-state index in [4.69, 9.17) is 19.3 Å². The van der Waals surface area contributed by atoms with Gasteiger partial charge >= 0.3 is 5.97 Å². The number of carboxylic acid groups (broad SMARTS) is 1. The number of carbonyl (C=O) groups is 1. The minimum atomic E-state index is -0.735. The summed E-state index contributed by atoms with van der Waals surface area (Å²) >= 11 is 0. The number of aliphatic carboxylic acids is 1. The number of carboxylic acids is 1. The zero-order valence-electron chi connectivity index (χ0n) is 11.5. The minimum absolute atomic E-state index is 0.229. The Hall–Kier alpha value is -0.650. The first kappa shape index (κ1) is 14.8. The highest BCUT2D eigenvalue weighted by atomic mass is 16.5. The van der Waals surface area contributed by atoms with Gasteiger partial charge in [-0.2, -0.15) is 0 Å². The molecule has 0 spiro atoms. The Morgan fingerprint density at radius 3 is 2.53 bits per heavy atom. The zero-order valence-corrected chi connectivity index (χ0v) is 11.5. The first-order valence-corrected chi connectivity index (χ1v) is 7.16. The van der Waals surface area contributed by atoms with Crippen molar-refractivity contribution < 1.29 is 24.1 Å². The summed E-state index contributed by atoms with van der Waals surface area (Å²) in [7, 11) is 1.73. The van der Waals surface area contributed by atoms with Gasteiger partial charge in [-0.3, -0.25) is 4.79 Å². The molecule has 2 aliphatic rings. The average molecular weight is 272 g/mol. The molecule has 4 atom stereocenters. The molecule has 5 nitrogen and oxygen atoms in total. The highest BCUT2D eigenvalue weighted by Gasteiger charge is 2.48. The number of rotatable bonds is 9. The van der Waals surface area contributed by atoms with Gasteiger partial charge in [-0.15, -0.1) is 0 Å². The summed E-state index contributed by atoms with van der Waals surface area (Å²) in [4.78, 5) is 10.4. The fourth-order valence-corrected chi connectivity index (χ4v) is 3.22. The van der Waals surface area contributed by atoms with E-state index in [-0.39, 0.29) is 6.42 Å². The van der Waals surface area contributed by atoms with Crippen molar-refractivity contribution in [3.05, 3.63) is 0 Å². The van der Waals surface area contributed by atoms with Crippen molar-refractivity contribution in [3.8, 4) is 0 Å². The molecule has 19 heavy (non-hydrogen) atoms. The summed E-state index contributed by atoms with van der Waals surface area (Å²) in [6.45, 7) is 2.09. The van der Waals surface area contributed by atoms with Crippen LogP contribution in [0, 0.1) is 11.8 Å². The summed E-state index contributed by atoms with van der Waals surface area (Å²) < 4.78 is 16.9. The molecule has 0 radical (unpaired) electrons. The first-order chi connectivity index (χ1) is 9.22. The van der Waals surface area contributed by atoms with E-state index in [2.05, 4.69) is 0 Å². The third-order valence-electron chi connectivity index (χ3n) is 4.19. The number of fused-ring (bicyclic) bond motifs is 2. The van der Waals surface area contributed by atoms with E-state index in [1.807, 2.05) is 0 Å². The number of methoxy groups -OCH3 is 1. The minimum Gasteiger partial charge on any atom is -0.481 e. The van der Waals surface area contributed by atoms with Crippen LogP contribution < -0.4 is 0 Å². The maximum Gasteiger partial charge on any atom is 0.303 e. The maximum absolute atomic E-state index is 10.4. The second-order valence-corrected chi connectivity index (χ2v) is 5.50. The van der Waals surface area contributed by atoms with Crippen molar-refractivity contribution in [3.63, 3.8) is 0 Å². The number of ether oxygens (including phenoxy) is 3. The van der Waals surface area contributed by atoms with Crippen molar-refractivity contribution in [1.29, 1.82) is 0 Å². The van der Waals surface area contributed by atoms with E-state index < -0.39 is 5.97 Å². The van der Waals surface area contributed by atoms with Crippen LogP contribution in [0.4, 0.5) is 0 Å². The smallest absolute Gasteiger partial charge is 0.303 e. The van der Waals surface area contributed by atoms with Crippen LogP contribution in [0.5, 0.6) is 0 Å². The van der Waals surface area contributed by atoms with Gasteiger partial charge in [-0.05, 0) is 25.7 Å². The lowest BCUT2D eigenvalue weighted by Crippen LogP contribution is -2.33. The summed E-state index contributed by atoms with van der Waals surface area (Å²) in [5.41, 5.74) is 0. The van der Waals surface area contributed by atoms with Crippen molar-refractivity contribution in [2.75, 3.05) is 26.9 Å². The summed E-state index contributed by atoms with van der Waals surface area (Å²) in [6.07, 6.45) is 4.70. The maximum atomic E-state index is 10.4. The molecule has 110 valence electrons. The molecule has 2 saturated heterocycles. The normalized spacial score (nSPS) is 32.9. The molecular formula is C14H24O5. The van der Waals surface area contributed by atoms with Gasteiger partial charge in [-0.1, -0.05) is 0 Å². The monoisotopic (exact) mass is 272 g/mol. The molecular weight excluding hydrogens is 248 g/mol. The van der Waals surface area contributed by atoms with E-state index in [9.17, 15) is 4.79 Å². The Morgan fingerprint density at radius 1 is 1.21 bits per heavy atom. The molecule has 5 heteroatoms. The predicted molar refractivity (Wildman–Crippen MR) is 69.1 cm³/mol. The second kappa shape index (κ2) is 7.22. The first-order valence-electron chi connectivity index (χ1n) is 7.16. The quantitative estimate of drug-likeness (QED) is 0.647. The van der Waals surface area contributed by atoms with Gasteiger partial charge < -0.3 is 19.3 Å². The molecule has 0 aromatic carbocycles. The van der Waals surface area contributed by atoms with E-state index in [1.165, 1.54) is 0 Å². The molecule has 2 aliphatic heterocycles. The van der Waals surface area contributed by atoms with E-state index in [0.717, 1.165) is 25.9 Å². The second-order valence-electron chi connectivity index (χ2n) is 5.50. The molecule has 2 heterocycles. The average Bonchev–Trinajstić information content (AvgIpc) is 2.95. The highest BCUT2D eigenvalue weighted by molar-refractivity contribution is 5.66. The predicted octanol–water partition coefficient (Wildman–Crippen LogP) is 1.70. The van der Waals surface area contributed by atoms with Gasteiger partial charge in [0.25, 0.3) is 0 Å². The number of hydrogen-bond donors (Lipinski definition) is 1. The van der Waals surface area contributed by atoms with Crippen molar-refractivity contribution in [2.24, 2.45) is 11.8 Å². The largest absolute Gasteiger partial charge is 0.481 e. The van der Waals surface area contributed by atoms with Gasteiger partial charge in [0.1, 0.15) is 0 Å². The van der Waals surface area contributed by atoms with E-state index in [0.29, 0.717) is 43.7 Å². The lowest BCUT2D eigenvalue weighted by molar-refractivity contribution is -0.137. The molecule has 0 aliphatic carbocycles.